The summed E-state index contributed by atoms with van der Waals surface area (Å²) in [5, 5.41) is 0. The molecule has 2 aromatic rings. The van der Waals surface area contributed by atoms with Crippen LogP contribution in [0.3, 0.4) is 0 Å². The molecule has 1 aromatic heterocycles. The van der Waals surface area contributed by atoms with Gasteiger partial charge in [0.2, 0.25) is 0 Å². The Morgan fingerprint density at radius 1 is 1.16 bits per heavy atom. The molecule has 0 aliphatic heterocycles. The van der Waals surface area contributed by atoms with Gasteiger partial charge in [-0.1, -0.05) is 31.2 Å². The van der Waals surface area contributed by atoms with Gasteiger partial charge in [0.25, 0.3) is 0 Å². The van der Waals surface area contributed by atoms with Crippen molar-refractivity contribution in [1.29, 1.82) is 0 Å². The number of nitrogens with zero attached hydrogens (tertiary/aromatic N) is 1. The second-order valence-electron chi connectivity index (χ2n) is 4.77. The van der Waals surface area contributed by atoms with E-state index < -0.39 is 0 Å². The molecule has 0 radical (unpaired) electrons. The molecule has 0 fully saturated rings. The molecule has 2 rings (SSSR count). The van der Waals surface area contributed by atoms with Crippen molar-refractivity contribution < 1.29 is 4.39 Å². The van der Waals surface area contributed by atoms with E-state index in [0.717, 1.165) is 12.1 Å². The first-order chi connectivity index (χ1) is 9.19. The van der Waals surface area contributed by atoms with Crippen LogP contribution in [0.1, 0.15) is 23.7 Å². The zero-order valence-corrected chi connectivity index (χ0v) is 11.1. The summed E-state index contributed by atoms with van der Waals surface area (Å²) in [5.41, 5.74) is 8.91. The minimum atomic E-state index is -0.188. The Bertz CT molecular complexity index is 523. The first kappa shape index (κ1) is 13.7. The van der Waals surface area contributed by atoms with E-state index in [9.17, 15) is 4.39 Å². The van der Waals surface area contributed by atoms with Gasteiger partial charge in [0.15, 0.2) is 0 Å². The van der Waals surface area contributed by atoms with Crippen LogP contribution in [0.15, 0.2) is 42.6 Å². The van der Waals surface area contributed by atoms with Gasteiger partial charge < -0.3 is 5.73 Å². The highest BCUT2D eigenvalue weighted by molar-refractivity contribution is 5.19. The van der Waals surface area contributed by atoms with Crippen LogP contribution < -0.4 is 5.73 Å². The molecule has 0 spiro atoms. The fourth-order valence-electron chi connectivity index (χ4n) is 2.07. The van der Waals surface area contributed by atoms with E-state index in [1.165, 1.54) is 11.6 Å². The van der Waals surface area contributed by atoms with Crippen molar-refractivity contribution in [2.75, 3.05) is 0 Å². The Kier molecular flexibility index (Phi) is 4.63. The highest BCUT2D eigenvalue weighted by atomic mass is 19.1. The lowest BCUT2D eigenvalue weighted by Gasteiger charge is -2.12. The summed E-state index contributed by atoms with van der Waals surface area (Å²) in [6.07, 6.45) is 4.06. The van der Waals surface area contributed by atoms with E-state index in [4.69, 9.17) is 5.73 Å². The number of nitrogens with two attached hydrogens (primary N) is 1. The Labute approximate surface area is 113 Å². The van der Waals surface area contributed by atoms with Crippen LogP contribution in [0.25, 0.3) is 0 Å². The molecule has 100 valence electrons. The third kappa shape index (κ3) is 3.86. The average molecular weight is 258 g/mol. The van der Waals surface area contributed by atoms with Crippen LogP contribution in [0.4, 0.5) is 4.39 Å². The fourth-order valence-corrected chi connectivity index (χ4v) is 2.07. The molecule has 1 heterocycles. The van der Waals surface area contributed by atoms with Gasteiger partial charge in [-0.25, -0.2) is 4.39 Å². The van der Waals surface area contributed by atoms with Crippen molar-refractivity contribution in [3.8, 4) is 0 Å². The van der Waals surface area contributed by atoms with Gasteiger partial charge in [0, 0.05) is 24.4 Å². The summed E-state index contributed by atoms with van der Waals surface area (Å²) in [6, 6.07) is 10.7. The van der Waals surface area contributed by atoms with Crippen LogP contribution in [-0.2, 0) is 19.3 Å². The van der Waals surface area contributed by atoms with Crippen molar-refractivity contribution >= 4 is 0 Å². The third-order valence-electron chi connectivity index (χ3n) is 3.21. The summed E-state index contributed by atoms with van der Waals surface area (Å²) in [6.45, 7) is 2.10. The second kappa shape index (κ2) is 6.43. The predicted molar refractivity (Wildman–Crippen MR) is 75.4 cm³/mol. The van der Waals surface area contributed by atoms with Gasteiger partial charge >= 0.3 is 0 Å². The van der Waals surface area contributed by atoms with E-state index in [1.54, 1.807) is 12.1 Å². The number of hydrogen-bond acceptors (Lipinski definition) is 2. The zero-order chi connectivity index (χ0) is 13.7. The first-order valence-corrected chi connectivity index (χ1v) is 6.62. The molecule has 1 aromatic carbocycles. The Balaban J connectivity index is 1.97. The highest BCUT2D eigenvalue weighted by Crippen LogP contribution is 2.11. The number of aromatic nitrogens is 1. The minimum absolute atomic E-state index is 0.114. The molecule has 1 atom stereocenters. The van der Waals surface area contributed by atoms with E-state index in [0.29, 0.717) is 18.4 Å². The van der Waals surface area contributed by atoms with E-state index in [2.05, 4.69) is 18.0 Å². The van der Waals surface area contributed by atoms with Crippen molar-refractivity contribution in [2.45, 2.75) is 32.2 Å². The Hall–Kier alpha value is -1.74. The van der Waals surface area contributed by atoms with Crippen molar-refractivity contribution in [1.82, 2.24) is 4.98 Å². The largest absolute Gasteiger partial charge is 0.327 e. The summed E-state index contributed by atoms with van der Waals surface area (Å²) in [5.74, 6) is -0.188. The molecule has 1 unspecified atom stereocenters. The van der Waals surface area contributed by atoms with E-state index in [1.807, 2.05) is 18.3 Å². The maximum Gasteiger partial charge on any atom is 0.126 e. The summed E-state index contributed by atoms with van der Waals surface area (Å²) >= 11 is 0. The maximum atomic E-state index is 13.5. The summed E-state index contributed by atoms with van der Waals surface area (Å²) in [4.78, 5) is 4.38. The molecule has 19 heavy (non-hydrogen) atoms. The average Bonchev–Trinajstić information content (AvgIpc) is 2.42. The van der Waals surface area contributed by atoms with Crippen LogP contribution in [-0.4, -0.2) is 11.0 Å². The van der Waals surface area contributed by atoms with Gasteiger partial charge in [-0.05, 0) is 36.1 Å². The first-order valence-electron chi connectivity index (χ1n) is 6.62. The molecule has 0 amide bonds. The highest BCUT2D eigenvalue weighted by Gasteiger charge is 2.09. The smallest absolute Gasteiger partial charge is 0.126 e. The number of hydrogen-bond donors (Lipinski definition) is 1. The SMILES string of the molecule is CCc1ccc(CC(N)Cc2ccccc2F)nc1. The van der Waals surface area contributed by atoms with E-state index >= 15 is 0 Å². The van der Waals surface area contributed by atoms with Gasteiger partial charge in [-0.3, -0.25) is 4.98 Å². The quantitative estimate of drug-likeness (QED) is 0.895. The van der Waals surface area contributed by atoms with Crippen LogP contribution in [0.2, 0.25) is 0 Å². The van der Waals surface area contributed by atoms with Crippen LogP contribution in [0.5, 0.6) is 0 Å². The zero-order valence-electron chi connectivity index (χ0n) is 11.1. The summed E-state index contributed by atoms with van der Waals surface area (Å²) in [7, 11) is 0. The minimum Gasteiger partial charge on any atom is -0.327 e. The lowest BCUT2D eigenvalue weighted by atomic mass is 10.0. The van der Waals surface area contributed by atoms with Gasteiger partial charge in [-0.15, -0.1) is 0 Å². The molecular formula is C16H19FN2. The molecule has 0 bridgehead atoms. The molecular weight excluding hydrogens is 239 g/mol. The van der Waals surface area contributed by atoms with Crippen molar-refractivity contribution in [3.05, 3.63) is 65.2 Å². The molecule has 0 aliphatic carbocycles. The predicted octanol–water partition coefficient (Wildman–Crippen LogP) is 2.90. The number of halogens is 1. The van der Waals surface area contributed by atoms with Crippen molar-refractivity contribution in [3.63, 3.8) is 0 Å². The molecule has 0 aliphatic rings. The Morgan fingerprint density at radius 2 is 1.95 bits per heavy atom. The Morgan fingerprint density at radius 3 is 2.58 bits per heavy atom. The monoisotopic (exact) mass is 258 g/mol. The third-order valence-corrected chi connectivity index (χ3v) is 3.21. The lowest BCUT2D eigenvalue weighted by molar-refractivity contribution is 0.581. The standard InChI is InChI=1S/C16H19FN2/c1-2-12-7-8-15(19-11-12)10-14(18)9-13-5-3-4-6-16(13)17/h3-8,11,14H,2,9-10,18H2,1H3. The van der Waals surface area contributed by atoms with Gasteiger partial charge in [0.1, 0.15) is 5.82 Å². The fraction of sp³-hybridized carbons (Fsp3) is 0.312. The lowest BCUT2D eigenvalue weighted by Crippen LogP contribution is -2.26. The number of pyridine rings is 1. The molecule has 0 saturated carbocycles. The second-order valence-corrected chi connectivity index (χ2v) is 4.77. The number of aryl methyl sites for hydroxylation is 1. The van der Waals surface area contributed by atoms with Crippen molar-refractivity contribution in [2.24, 2.45) is 5.73 Å². The normalized spacial score (nSPS) is 12.4. The van der Waals surface area contributed by atoms with Gasteiger partial charge in [-0.2, -0.15) is 0 Å². The molecule has 2 N–H and O–H groups in total. The maximum absolute atomic E-state index is 13.5. The number of benzene rings is 1. The molecule has 0 saturated heterocycles. The molecule has 3 heteroatoms. The molecule has 2 nitrogen and oxygen atoms in total. The topological polar surface area (TPSA) is 38.9 Å². The van der Waals surface area contributed by atoms with Crippen LogP contribution >= 0.6 is 0 Å². The van der Waals surface area contributed by atoms with Crippen LogP contribution in [0, 0.1) is 5.82 Å². The summed E-state index contributed by atoms with van der Waals surface area (Å²) < 4.78 is 13.5. The van der Waals surface area contributed by atoms with E-state index in [-0.39, 0.29) is 11.9 Å². The van der Waals surface area contributed by atoms with Gasteiger partial charge in [0.05, 0.1) is 0 Å². The number of rotatable bonds is 5.